The Morgan fingerprint density at radius 2 is 1.48 bits per heavy atom. The van der Waals surface area contributed by atoms with Crippen molar-refractivity contribution in [2.24, 2.45) is 0 Å². The number of nitrogens with zero attached hydrogens (tertiary/aromatic N) is 2. The standard InChI is InChI=1S/C22H24N4O3/c1-4-28-19-12-8-6-10-16(19)25-21-14-18(23-15(3)24-21)22(27)26-17-11-7-9-13-20(17)29-5-2/h6-14H,4-5H2,1-3H3,(H,26,27)(H,23,24,25). The molecular formula is C22H24N4O3. The van der Waals surface area contributed by atoms with Gasteiger partial charge >= 0.3 is 0 Å². The summed E-state index contributed by atoms with van der Waals surface area (Å²) in [5, 5.41) is 6.06. The molecular weight excluding hydrogens is 368 g/mol. The van der Waals surface area contributed by atoms with Gasteiger partial charge in [-0.1, -0.05) is 24.3 Å². The van der Waals surface area contributed by atoms with E-state index in [2.05, 4.69) is 20.6 Å². The molecule has 0 bridgehead atoms. The fraction of sp³-hybridized carbons (Fsp3) is 0.227. The first-order chi connectivity index (χ1) is 14.1. The van der Waals surface area contributed by atoms with Crippen molar-refractivity contribution in [1.29, 1.82) is 0 Å². The zero-order chi connectivity index (χ0) is 20.6. The summed E-state index contributed by atoms with van der Waals surface area (Å²) in [5.41, 5.74) is 1.60. The molecule has 0 radical (unpaired) electrons. The highest BCUT2D eigenvalue weighted by Crippen LogP contribution is 2.27. The van der Waals surface area contributed by atoms with Crippen LogP contribution in [0, 0.1) is 6.92 Å². The topological polar surface area (TPSA) is 85.4 Å². The van der Waals surface area contributed by atoms with Crippen LogP contribution in [-0.4, -0.2) is 29.1 Å². The number of hydrogen-bond donors (Lipinski definition) is 2. The van der Waals surface area contributed by atoms with Gasteiger partial charge in [-0.05, 0) is 45.0 Å². The van der Waals surface area contributed by atoms with Crippen molar-refractivity contribution in [3.8, 4) is 11.5 Å². The van der Waals surface area contributed by atoms with Gasteiger partial charge in [0, 0.05) is 6.07 Å². The number of carbonyl (C=O) groups is 1. The molecule has 29 heavy (non-hydrogen) atoms. The Labute approximate surface area is 170 Å². The Kier molecular flexibility index (Phi) is 6.63. The SMILES string of the molecule is CCOc1ccccc1NC(=O)c1cc(Nc2ccccc2OCC)nc(C)n1. The van der Waals surface area contributed by atoms with Gasteiger partial charge in [-0.25, -0.2) is 9.97 Å². The normalized spacial score (nSPS) is 10.3. The highest BCUT2D eigenvalue weighted by molar-refractivity contribution is 6.04. The molecule has 1 heterocycles. The van der Waals surface area contributed by atoms with Gasteiger partial charge in [0.15, 0.2) is 0 Å². The number of amides is 1. The van der Waals surface area contributed by atoms with Crippen LogP contribution >= 0.6 is 0 Å². The highest BCUT2D eigenvalue weighted by Gasteiger charge is 2.14. The lowest BCUT2D eigenvalue weighted by atomic mass is 10.2. The predicted molar refractivity (Wildman–Crippen MR) is 113 cm³/mol. The van der Waals surface area contributed by atoms with Crippen LogP contribution in [0.25, 0.3) is 0 Å². The largest absolute Gasteiger partial charge is 0.492 e. The maximum absolute atomic E-state index is 12.8. The third kappa shape index (κ3) is 5.22. The van der Waals surface area contributed by atoms with E-state index in [0.29, 0.717) is 42.0 Å². The van der Waals surface area contributed by atoms with Crippen molar-refractivity contribution < 1.29 is 14.3 Å². The molecule has 0 saturated carbocycles. The van der Waals surface area contributed by atoms with Gasteiger partial charge in [0.05, 0.1) is 24.6 Å². The zero-order valence-electron chi connectivity index (χ0n) is 16.7. The van der Waals surface area contributed by atoms with Crippen LogP contribution in [0.5, 0.6) is 11.5 Å². The molecule has 3 rings (SSSR count). The maximum atomic E-state index is 12.8. The Morgan fingerprint density at radius 1 is 0.897 bits per heavy atom. The van der Waals surface area contributed by atoms with Crippen molar-refractivity contribution in [3.63, 3.8) is 0 Å². The number of nitrogens with one attached hydrogen (secondary N) is 2. The number of aromatic nitrogens is 2. The van der Waals surface area contributed by atoms with Crippen molar-refractivity contribution in [2.45, 2.75) is 20.8 Å². The molecule has 7 heteroatoms. The monoisotopic (exact) mass is 392 g/mol. The summed E-state index contributed by atoms with van der Waals surface area (Å²) in [6.45, 7) is 6.62. The fourth-order valence-electron chi connectivity index (χ4n) is 2.77. The number of anilines is 3. The molecule has 1 amide bonds. The van der Waals surface area contributed by atoms with E-state index in [9.17, 15) is 4.79 Å². The molecule has 0 unspecified atom stereocenters. The Morgan fingerprint density at radius 3 is 2.14 bits per heavy atom. The van der Waals surface area contributed by atoms with E-state index in [1.807, 2.05) is 56.3 Å². The van der Waals surface area contributed by atoms with Crippen LogP contribution in [0.2, 0.25) is 0 Å². The molecule has 0 spiro atoms. The first-order valence-electron chi connectivity index (χ1n) is 9.48. The van der Waals surface area contributed by atoms with Gasteiger partial charge in [0.2, 0.25) is 0 Å². The molecule has 0 aliphatic carbocycles. The summed E-state index contributed by atoms with van der Waals surface area (Å²) in [5.74, 6) is 1.96. The van der Waals surface area contributed by atoms with Crippen LogP contribution in [0.4, 0.5) is 17.2 Å². The van der Waals surface area contributed by atoms with Gasteiger partial charge in [0.25, 0.3) is 5.91 Å². The number of aryl methyl sites for hydroxylation is 1. The molecule has 0 saturated heterocycles. The third-order valence-corrected chi connectivity index (χ3v) is 3.96. The lowest BCUT2D eigenvalue weighted by molar-refractivity contribution is 0.102. The molecule has 0 aliphatic heterocycles. The summed E-state index contributed by atoms with van der Waals surface area (Å²) in [4.78, 5) is 21.4. The molecule has 7 nitrogen and oxygen atoms in total. The molecule has 0 aliphatic rings. The van der Waals surface area contributed by atoms with Gasteiger partial charge in [-0.2, -0.15) is 0 Å². The first kappa shape index (κ1) is 20.1. The summed E-state index contributed by atoms with van der Waals surface area (Å²) in [6, 6.07) is 16.4. The van der Waals surface area contributed by atoms with Crippen molar-refractivity contribution in [2.75, 3.05) is 23.8 Å². The number of ether oxygens (including phenoxy) is 2. The number of rotatable bonds is 8. The molecule has 2 aromatic carbocycles. The predicted octanol–water partition coefficient (Wildman–Crippen LogP) is 4.58. The second kappa shape index (κ2) is 9.54. The first-order valence-corrected chi connectivity index (χ1v) is 9.48. The highest BCUT2D eigenvalue weighted by atomic mass is 16.5. The van der Waals surface area contributed by atoms with E-state index >= 15 is 0 Å². The van der Waals surface area contributed by atoms with Gasteiger partial charge in [-0.15, -0.1) is 0 Å². The van der Waals surface area contributed by atoms with E-state index in [-0.39, 0.29) is 11.6 Å². The van der Waals surface area contributed by atoms with Crippen LogP contribution in [0.3, 0.4) is 0 Å². The Bertz CT molecular complexity index is 991. The Balaban J connectivity index is 1.83. The molecule has 0 fully saturated rings. The maximum Gasteiger partial charge on any atom is 0.274 e. The summed E-state index contributed by atoms with van der Waals surface area (Å²) >= 11 is 0. The average Bonchev–Trinajstić information content (AvgIpc) is 2.71. The smallest absolute Gasteiger partial charge is 0.274 e. The van der Waals surface area contributed by atoms with Crippen molar-refractivity contribution in [1.82, 2.24) is 9.97 Å². The second-order valence-corrected chi connectivity index (χ2v) is 6.12. The number of carbonyl (C=O) groups excluding carboxylic acids is 1. The van der Waals surface area contributed by atoms with Crippen LogP contribution < -0.4 is 20.1 Å². The third-order valence-electron chi connectivity index (χ3n) is 3.96. The number of hydrogen-bond acceptors (Lipinski definition) is 6. The molecule has 0 atom stereocenters. The number of para-hydroxylation sites is 4. The Hall–Kier alpha value is -3.61. The van der Waals surface area contributed by atoms with E-state index in [4.69, 9.17) is 9.47 Å². The molecule has 150 valence electrons. The van der Waals surface area contributed by atoms with E-state index in [1.165, 1.54) is 0 Å². The fourth-order valence-corrected chi connectivity index (χ4v) is 2.77. The lowest BCUT2D eigenvalue weighted by Crippen LogP contribution is -2.16. The molecule has 1 aromatic heterocycles. The van der Waals surface area contributed by atoms with Gasteiger partial charge in [-0.3, -0.25) is 4.79 Å². The summed E-state index contributed by atoms with van der Waals surface area (Å²) in [6.07, 6.45) is 0. The van der Waals surface area contributed by atoms with Crippen molar-refractivity contribution >= 4 is 23.1 Å². The summed E-state index contributed by atoms with van der Waals surface area (Å²) in [7, 11) is 0. The number of benzene rings is 2. The summed E-state index contributed by atoms with van der Waals surface area (Å²) < 4.78 is 11.2. The van der Waals surface area contributed by atoms with E-state index < -0.39 is 0 Å². The average molecular weight is 392 g/mol. The lowest BCUT2D eigenvalue weighted by Gasteiger charge is -2.13. The minimum absolute atomic E-state index is 0.250. The van der Waals surface area contributed by atoms with Gasteiger partial charge < -0.3 is 20.1 Å². The van der Waals surface area contributed by atoms with E-state index in [1.54, 1.807) is 19.1 Å². The van der Waals surface area contributed by atoms with Crippen LogP contribution in [0.1, 0.15) is 30.2 Å². The molecule has 2 N–H and O–H groups in total. The van der Waals surface area contributed by atoms with Gasteiger partial charge in [0.1, 0.15) is 28.8 Å². The van der Waals surface area contributed by atoms with Crippen molar-refractivity contribution in [3.05, 3.63) is 66.1 Å². The minimum atomic E-state index is -0.344. The van der Waals surface area contributed by atoms with E-state index in [0.717, 1.165) is 5.69 Å². The second-order valence-electron chi connectivity index (χ2n) is 6.12. The van der Waals surface area contributed by atoms with Crippen LogP contribution in [-0.2, 0) is 0 Å². The van der Waals surface area contributed by atoms with Crippen LogP contribution in [0.15, 0.2) is 54.6 Å². The molecule has 3 aromatic rings. The minimum Gasteiger partial charge on any atom is -0.492 e. The quantitative estimate of drug-likeness (QED) is 0.584. The zero-order valence-corrected chi connectivity index (χ0v) is 16.7.